The fourth-order valence-electron chi connectivity index (χ4n) is 5.92. The van der Waals surface area contributed by atoms with Crippen LogP contribution in [0.4, 0.5) is 0 Å². The van der Waals surface area contributed by atoms with Gasteiger partial charge in [0.1, 0.15) is 0 Å². The van der Waals surface area contributed by atoms with E-state index < -0.39 is 17.7 Å². The number of fused-ring (bicyclic) bond motifs is 2. The Morgan fingerprint density at radius 2 is 1.90 bits per heavy atom. The van der Waals surface area contributed by atoms with E-state index in [9.17, 15) is 0 Å². The van der Waals surface area contributed by atoms with E-state index in [1.807, 2.05) is 31.2 Å². The van der Waals surface area contributed by atoms with Gasteiger partial charge in [-0.05, 0) is 55.7 Å². The Balaban J connectivity index is 1.39. The number of benzene rings is 1. The van der Waals surface area contributed by atoms with Gasteiger partial charge in [-0.1, -0.05) is 26.0 Å². The molecule has 1 saturated carbocycles. The van der Waals surface area contributed by atoms with E-state index in [2.05, 4.69) is 19.9 Å². The van der Waals surface area contributed by atoms with Crippen LogP contribution in [0.5, 0.6) is 0 Å². The molecule has 156 valence electrons. The molecule has 0 radical (unpaired) electrons. The van der Waals surface area contributed by atoms with Gasteiger partial charge < -0.3 is 14.2 Å². The van der Waals surface area contributed by atoms with Gasteiger partial charge in [0.15, 0.2) is 18.2 Å². The van der Waals surface area contributed by atoms with E-state index in [0.29, 0.717) is 24.0 Å². The molecule has 4 heterocycles. The Bertz CT molecular complexity index is 806. The van der Waals surface area contributed by atoms with Gasteiger partial charge in [-0.2, -0.15) is 5.26 Å². The molecule has 0 N–H and O–H groups in total. The molecule has 1 aromatic rings. The zero-order chi connectivity index (χ0) is 20.2. The molecule has 6 rings (SSSR count). The first-order chi connectivity index (χ1) is 13.9. The minimum Gasteiger partial charge on any atom is -0.348 e. The Morgan fingerprint density at radius 3 is 2.66 bits per heavy atom. The molecule has 8 atom stereocenters. The Labute approximate surface area is 172 Å². The fraction of sp³-hybridized carbons (Fsp3) is 0.696. The Kier molecular flexibility index (Phi) is 4.73. The highest BCUT2D eigenvalue weighted by Crippen LogP contribution is 2.60. The lowest BCUT2D eigenvalue weighted by Gasteiger charge is -2.60. The highest BCUT2D eigenvalue weighted by Gasteiger charge is 2.69. The van der Waals surface area contributed by atoms with Crippen LogP contribution in [-0.2, 0) is 30.6 Å². The lowest BCUT2D eigenvalue weighted by Crippen LogP contribution is -2.70. The number of rotatable bonds is 3. The number of hydrogen-bond acceptors (Lipinski definition) is 6. The van der Waals surface area contributed by atoms with Crippen molar-refractivity contribution in [1.82, 2.24) is 0 Å². The highest BCUT2D eigenvalue weighted by molar-refractivity contribution is 5.31. The molecule has 4 saturated heterocycles. The molecule has 5 fully saturated rings. The first-order valence-electron chi connectivity index (χ1n) is 10.8. The van der Waals surface area contributed by atoms with Crippen molar-refractivity contribution in [2.45, 2.75) is 77.0 Å². The third kappa shape index (κ3) is 3.03. The zero-order valence-corrected chi connectivity index (χ0v) is 17.3. The molecular weight excluding hydrogens is 370 g/mol. The molecule has 6 heteroatoms. The Hall–Kier alpha value is -1.49. The SMILES string of the molecule is C[C@H]1[C@@H](OCc2ccc(C#N)cc2)O[C@@H]2O[C@@]3(C)CC[C@H]4[C@H](C)CC[C@@H]1[C@@]24OO3. The third-order valence-corrected chi connectivity index (χ3v) is 7.59. The minimum atomic E-state index is -0.768. The fourth-order valence-corrected chi connectivity index (χ4v) is 5.92. The summed E-state index contributed by atoms with van der Waals surface area (Å²) < 4.78 is 19.0. The van der Waals surface area contributed by atoms with E-state index >= 15 is 0 Å². The van der Waals surface area contributed by atoms with Crippen LogP contribution in [-0.4, -0.2) is 24.0 Å². The molecule has 0 unspecified atom stereocenters. The van der Waals surface area contributed by atoms with Crippen LogP contribution in [0.25, 0.3) is 0 Å². The van der Waals surface area contributed by atoms with Crippen LogP contribution in [0.2, 0.25) is 0 Å². The summed E-state index contributed by atoms with van der Waals surface area (Å²) in [7, 11) is 0. The molecule has 1 aliphatic carbocycles. The van der Waals surface area contributed by atoms with Crippen LogP contribution < -0.4 is 0 Å². The summed E-state index contributed by atoms with van der Waals surface area (Å²) in [5.74, 6) is 0.562. The smallest absolute Gasteiger partial charge is 0.201 e. The lowest BCUT2D eigenvalue weighted by atomic mass is 9.58. The van der Waals surface area contributed by atoms with E-state index in [-0.39, 0.29) is 18.1 Å². The number of nitriles is 1. The van der Waals surface area contributed by atoms with Crippen molar-refractivity contribution < 1.29 is 24.0 Å². The second kappa shape index (κ2) is 7.04. The summed E-state index contributed by atoms with van der Waals surface area (Å²) in [4.78, 5) is 12.0. The molecule has 2 bridgehead atoms. The molecule has 29 heavy (non-hydrogen) atoms. The van der Waals surface area contributed by atoms with Crippen molar-refractivity contribution in [1.29, 1.82) is 5.26 Å². The van der Waals surface area contributed by atoms with Crippen LogP contribution in [0, 0.1) is 35.0 Å². The highest BCUT2D eigenvalue weighted by atomic mass is 17.3. The molecule has 1 spiro atoms. The monoisotopic (exact) mass is 399 g/mol. The number of ether oxygens (including phenoxy) is 3. The van der Waals surface area contributed by atoms with E-state index in [0.717, 1.165) is 24.8 Å². The maximum Gasteiger partial charge on any atom is 0.201 e. The van der Waals surface area contributed by atoms with Gasteiger partial charge in [0.05, 0.1) is 18.2 Å². The van der Waals surface area contributed by atoms with Gasteiger partial charge in [-0.3, -0.25) is 0 Å². The van der Waals surface area contributed by atoms with Gasteiger partial charge >= 0.3 is 0 Å². The van der Waals surface area contributed by atoms with Gasteiger partial charge in [0.2, 0.25) is 5.79 Å². The summed E-state index contributed by atoms with van der Waals surface area (Å²) in [5, 5.41) is 8.97. The first-order valence-corrected chi connectivity index (χ1v) is 10.8. The number of nitrogens with zero attached hydrogens (tertiary/aromatic N) is 1. The number of hydrogen-bond donors (Lipinski definition) is 0. The average molecular weight is 399 g/mol. The summed E-state index contributed by atoms with van der Waals surface area (Å²) in [6.45, 7) is 6.87. The Morgan fingerprint density at radius 1 is 1.10 bits per heavy atom. The standard InChI is InChI=1S/C23H29NO5/c1-14-4-9-19-15(2)20(25-13-17-7-5-16(12-24)6-8-17)26-21-23(19)18(14)10-11-22(3,27-21)28-29-23/h5-8,14-15,18-21H,4,9-11,13H2,1-3H3/t14-,15-,18+,19+,20+,21-,22-,23-/m1/s1. The molecular formula is C23H29NO5. The van der Waals surface area contributed by atoms with Gasteiger partial charge in [0, 0.05) is 18.3 Å². The quantitative estimate of drug-likeness (QED) is 0.707. The van der Waals surface area contributed by atoms with Crippen LogP contribution >= 0.6 is 0 Å². The summed E-state index contributed by atoms with van der Waals surface area (Å²) >= 11 is 0. The molecule has 0 amide bonds. The van der Waals surface area contributed by atoms with Crippen molar-refractivity contribution >= 4 is 0 Å². The third-order valence-electron chi connectivity index (χ3n) is 7.59. The maximum absolute atomic E-state index is 8.97. The molecule has 1 aromatic carbocycles. The molecule has 5 aliphatic rings. The predicted molar refractivity (Wildman–Crippen MR) is 103 cm³/mol. The molecule has 0 aromatic heterocycles. The van der Waals surface area contributed by atoms with Crippen molar-refractivity contribution in [3.05, 3.63) is 35.4 Å². The topological polar surface area (TPSA) is 69.9 Å². The normalized spacial score (nSPS) is 45.9. The molecule has 6 nitrogen and oxygen atoms in total. The summed E-state index contributed by atoms with van der Waals surface area (Å²) in [5.41, 5.74) is 1.11. The van der Waals surface area contributed by atoms with Crippen molar-refractivity contribution in [2.24, 2.45) is 23.7 Å². The second-order valence-corrected chi connectivity index (χ2v) is 9.39. The van der Waals surface area contributed by atoms with Gasteiger partial charge in [-0.15, -0.1) is 0 Å². The van der Waals surface area contributed by atoms with Gasteiger partial charge in [0.25, 0.3) is 0 Å². The maximum atomic E-state index is 8.97. The largest absolute Gasteiger partial charge is 0.348 e. The predicted octanol–water partition coefficient (Wildman–Crippen LogP) is 4.28. The summed E-state index contributed by atoms with van der Waals surface area (Å²) in [6.07, 6.45) is 3.21. The zero-order valence-electron chi connectivity index (χ0n) is 17.3. The van der Waals surface area contributed by atoms with E-state index in [1.54, 1.807) is 0 Å². The average Bonchev–Trinajstić information content (AvgIpc) is 2.96. The van der Waals surface area contributed by atoms with Crippen molar-refractivity contribution in [3.8, 4) is 6.07 Å². The summed E-state index contributed by atoms with van der Waals surface area (Å²) in [6, 6.07) is 9.61. The van der Waals surface area contributed by atoms with Crippen molar-refractivity contribution in [3.63, 3.8) is 0 Å². The molecule has 4 aliphatic heterocycles. The minimum absolute atomic E-state index is 0.161. The first kappa shape index (κ1) is 19.5. The lowest BCUT2D eigenvalue weighted by molar-refractivity contribution is -0.577. The van der Waals surface area contributed by atoms with Crippen LogP contribution in [0.15, 0.2) is 24.3 Å². The van der Waals surface area contributed by atoms with Crippen LogP contribution in [0.1, 0.15) is 57.6 Å². The van der Waals surface area contributed by atoms with E-state index in [1.165, 1.54) is 6.42 Å². The van der Waals surface area contributed by atoms with E-state index in [4.69, 9.17) is 29.2 Å². The van der Waals surface area contributed by atoms with Crippen molar-refractivity contribution in [2.75, 3.05) is 0 Å². The second-order valence-electron chi connectivity index (χ2n) is 9.39. The van der Waals surface area contributed by atoms with Crippen LogP contribution in [0.3, 0.4) is 0 Å². The van der Waals surface area contributed by atoms with Gasteiger partial charge in [-0.25, -0.2) is 9.78 Å².